The molecule has 1 aliphatic rings. The van der Waals surface area contributed by atoms with Crippen LogP contribution in [-0.2, 0) is 0 Å². The summed E-state index contributed by atoms with van der Waals surface area (Å²) in [6.45, 7) is 2.18. The van der Waals surface area contributed by atoms with Crippen molar-refractivity contribution < 1.29 is 0 Å². The first-order valence-corrected chi connectivity index (χ1v) is 9.57. The van der Waals surface area contributed by atoms with Gasteiger partial charge in [0.15, 0.2) is 0 Å². The van der Waals surface area contributed by atoms with Gasteiger partial charge in [-0.2, -0.15) is 0 Å². The van der Waals surface area contributed by atoms with Crippen LogP contribution < -0.4 is 0 Å². The fraction of sp³-hybridized carbons (Fsp3) is 0.111. The van der Waals surface area contributed by atoms with Crippen LogP contribution in [0.3, 0.4) is 0 Å². The van der Waals surface area contributed by atoms with Crippen molar-refractivity contribution in [3.63, 3.8) is 0 Å². The molecule has 0 fully saturated rings. The second-order valence-electron chi connectivity index (χ2n) is 7.09. The van der Waals surface area contributed by atoms with Crippen LogP contribution in [0.25, 0.3) is 22.8 Å². The third-order valence-corrected chi connectivity index (χ3v) is 5.18. The van der Waals surface area contributed by atoms with Gasteiger partial charge in [-0.3, -0.25) is 0 Å². The largest absolute Gasteiger partial charge is 0.0836 e. The second kappa shape index (κ2) is 8.05. The van der Waals surface area contributed by atoms with E-state index in [1.807, 2.05) is 0 Å². The second-order valence-corrected chi connectivity index (χ2v) is 7.09. The third kappa shape index (κ3) is 4.17. The lowest BCUT2D eigenvalue weighted by atomic mass is 9.91. The molecular formula is C27H24. The van der Waals surface area contributed by atoms with Crippen LogP contribution in [0.4, 0.5) is 0 Å². The van der Waals surface area contributed by atoms with Gasteiger partial charge in [-0.1, -0.05) is 109 Å². The molecule has 1 unspecified atom stereocenters. The highest BCUT2D eigenvalue weighted by Gasteiger charge is 2.08. The Hall–Kier alpha value is -3.12. The van der Waals surface area contributed by atoms with E-state index in [0.29, 0.717) is 5.92 Å². The number of hydrogen-bond donors (Lipinski definition) is 0. The molecule has 0 amide bonds. The molecule has 1 atom stereocenters. The van der Waals surface area contributed by atoms with Crippen LogP contribution in [0.5, 0.6) is 0 Å². The molecular weight excluding hydrogens is 324 g/mol. The lowest BCUT2D eigenvalue weighted by Gasteiger charge is -2.14. The molecule has 132 valence electrons. The number of allylic oxidation sites excluding steroid dienone is 5. The normalized spacial score (nSPS) is 16.5. The van der Waals surface area contributed by atoms with E-state index in [0.717, 1.165) is 6.42 Å². The molecule has 4 rings (SSSR count). The minimum absolute atomic E-state index is 0.513. The lowest BCUT2D eigenvalue weighted by molar-refractivity contribution is 0.853. The summed E-state index contributed by atoms with van der Waals surface area (Å²) in [5.74, 6) is 0.513. The van der Waals surface area contributed by atoms with E-state index in [1.54, 1.807) is 0 Å². The minimum atomic E-state index is 0.513. The van der Waals surface area contributed by atoms with E-state index in [-0.39, 0.29) is 0 Å². The summed E-state index contributed by atoms with van der Waals surface area (Å²) in [5, 5.41) is 0. The topological polar surface area (TPSA) is 0 Å². The first-order valence-electron chi connectivity index (χ1n) is 9.57. The number of benzene rings is 3. The summed E-state index contributed by atoms with van der Waals surface area (Å²) < 4.78 is 0. The first-order chi connectivity index (χ1) is 13.3. The van der Waals surface area contributed by atoms with E-state index < -0.39 is 0 Å². The average molecular weight is 348 g/mol. The summed E-state index contributed by atoms with van der Waals surface area (Å²) in [5.41, 5.74) is 7.70. The quantitative estimate of drug-likeness (QED) is 0.428. The van der Waals surface area contributed by atoms with Crippen molar-refractivity contribution in [2.45, 2.75) is 19.3 Å². The van der Waals surface area contributed by atoms with Crippen LogP contribution >= 0.6 is 0 Å². The highest BCUT2D eigenvalue weighted by atomic mass is 14.1. The molecule has 0 bridgehead atoms. The van der Waals surface area contributed by atoms with Gasteiger partial charge in [0.05, 0.1) is 0 Å². The smallest absolute Gasteiger partial charge is 0.00557 e. The Morgan fingerprint density at radius 3 is 2.15 bits per heavy atom. The molecule has 0 saturated carbocycles. The molecule has 1 aliphatic carbocycles. The fourth-order valence-corrected chi connectivity index (χ4v) is 3.56. The van der Waals surface area contributed by atoms with E-state index in [9.17, 15) is 0 Å². The maximum absolute atomic E-state index is 2.28. The molecule has 0 nitrogen and oxygen atoms in total. The predicted molar refractivity (Wildman–Crippen MR) is 118 cm³/mol. The third-order valence-electron chi connectivity index (χ3n) is 5.18. The Morgan fingerprint density at radius 1 is 0.778 bits per heavy atom. The van der Waals surface area contributed by atoms with Gasteiger partial charge in [0.1, 0.15) is 0 Å². The van der Waals surface area contributed by atoms with E-state index in [4.69, 9.17) is 0 Å². The standard InChI is InChI=1S/C27H24/c1-21(23-16-18-27(19-17-23)25-10-6-3-7-11-25)20-22-12-14-26(15-13-22)24-8-4-2-5-9-24/h2-10,12-20,25H,11H2,1H3/b21-20-. The first kappa shape index (κ1) is 17.3. The summed E-state index contributed by atoms with van der Waals surface area (Å²) in [7, 11) is 0. The molecule has 3 aromatic carbocycles. The van der Waals surface area contributed by atoms with E-state index in [1.165, 1.54) is 33.4 Å². The Balaban J connectivity index is 1.50. The molecule has 0 heteroatoms. The maximum Gasteiger partial charge on any atom is 0.00557 e. The van der Waals surface area contributed by atoms with Crippen LogP contribution in [0.2, 0.25) is 0 Å². The lowest BCUT2D eigenvalue weighted by Crippen LogP contribution is -1.96. The van der Waals surface area contributed by atoms with Crippen LogP contribution in [0, 0.1) is 0 Å². The molecule has 0 aliphatic heterocycles. The highest BCUT2D eigenvalue weighted by Crippen LogP contribution is 2.27. The Morgan fingerprint density at radius 2 is 1.48 bits per heavy atom. The summed E-state index contributed by atoms with van der Waals surface area (Å²) >= 11 is 0. The van der Waals surface area contributed by atoms with Crippen molar-refractivity contribution >= 4 is 11.6 Å². The molecule has 3 aromatic rings. The van der Waals surface area contributed by atoms with Crippen LogP contribution in [0.15, 0.2) is 103 Å². The van der Waals surface area contributed by atoms with Gasteiger partial charge in [0.2, 0.25) is 0 Å². The van der Waals surface area contributed by atoms with Gasteiger partial charge in [0.25, 0.3) is 0 Å². The molecule has 0 spiro atoms. The van der Waals surface area contributed by atoms with Crippen LogP contribution in [-0.4, -0.2) is 0 Å². The number of rotatable bonds is 4. The molecule has 0 N–H and O–H groups in total. The van der Waals surface area contributed by atoms with Crippen molar-refractivity contribution in [1.29, 1.82) is 0 Å². The van der Waals surface area contributed by atoms with Crippen molar-refractivity contribution in [2.75, 3.05) is 0 Å². The molecule has 27 heavy (non-hydrogen) atoms. The van der Waals surface area contributed by atoms with Gasteiger partial charge in [-0.25, -0.2) is 0 Å². The van der Waals surface area contributed by atoms with Crippen molar-refractivity contribution in [3.05, 3.63) is 120 Å². The SMILES string of the molecule is C/C(=C/c1ccc(-c2ccccc2)cc1)c1ccc(C2C=CC=CC2)cc1. The Labute approximate surface area is 162 Å². The van der Waals surface area contributed by atoms with Gasteiger partial charge in [-0.15, -0.1) is 0 Å². The van der Waals surface area contributed by atoms with Gasteiger partial charge < -0.3 is 0 Å². The molecule has 0 aromatic heterocycles. The van der Waals surface area contributed by atoms with Gasteiger partial charge in [-0.05, 0) is 46.7 Å². The van der Waals surface area contributed by atoms with E-state index in [2.05, 4.69) is 116 Å². The predicted octanol–water partition coefficient (Wildman–Crippen LogP) is 7.51. The maximum atomic E-state index is 2.28. The minimum Gasteiger partial charge on any atom is -0.0836 e. The van der Waals surface area contributed by atoms with E-state index >= 15 is 0 Å². The fourth-order valence-electron chi connectivity index (χ4n) is 3.56. The molecule has 0 saturated heterocycles. The van der Waals surface area contributed by atoms with Crippen molar-refractivity contribution in [2.24, 2.45) is 0 Å². The van der Waals surface area contributed by atoms with Crippen molar-refractivity contribution in [3.8, 4) is 11.1 Å². The highest BCUT2D eigenvalue weighted by molar-refractivity contribution is 5.81. The zero-order valence-electron chi connectivity index (χ0n) is 15.7. The van der Waals surface area contributed by atoms with Crippen molar-refractivity contribution in [1.82, 2.24) is 0 Å². The van der Waals surface area contributed by atoms with Gasteiger partial charge in [0, 0.05) is 5.92 Å². The Bertz CT molecular complexity index is 968. The van der Waals surface area contributed by atoms with Crippen LogP contribution in [0.1, 0.15) is 36.0 Å². The number of hydrogen-bond acceptors (Lipinski definition) is 0. The molecule has 0 heterocycles. The van der Waals surface area contributed by atoms with Gasteiger partial charge >= 0.3 is 0 Å². The molecule has 0 radical (unpaired) electrons. The summed E-state index contributed by atoms with van der Waals surface area (Å²) in [6.07, 6.45) is 12.1. The monoisotopic (exact) mass is 348 g/mol. The summed E-state index contributed by atoms with van der Waals surface area (Å²) in [4.78, 5) is 0. The summed E-state index contributed by atoms with van der Waals surface area (Å²) in [6, 6.07) is 28.3. The average Bonchev–Trinajstić information content (AvgIpc) is 2.76. The zero-order chi connectivity index (χ0) is 18.5. The Kier molecular flexibility index (Phi) is 5.16. The zero-order valence-corrected chi connectivity index (χ0v) is 15.7.